The molecule has 6 rings (SSSR count). The fraction of sp³-hybridized carbons (Fsp3) is 0.296. The van der Waals surface area contributed by atoms with Crippen LogP contribution in [-0.2, 0) is 0 Å². The summed E-state index contributed by atoms with van der Waals surface area (Å²) in [4.78, 5) is 20.5. The van der Waals surface area contributed by atoms with E-state index in [2.05, 4.69) is 16.0 Å². The topological polar surface area (TPSA) is 80.4 Å². The number of hydrogen-bond donors (Lipinski definition) is 0. The van der Waals surface area contributed by atoms with E-state index in [-0.39, 0.29) is 11.7 Å². The minimum Gasteiger partial charge on any atom is -0.493 e. The first-order valence-electron chi connectivity index (χ1n) is 11.7. The van der Waals surface area contributed by atoms with E-state index in [1.807, 2.05) is 36.4 Å². The van der Waals surface area contributed by atoms with Gasteiger partial charge in [0.2, 0.25) is 0 Å². The normalized spacial score (nSPS) is 16.5. The van der Waals surface area contributed by atoms with Crippen LogP contribution in [0.5, 0.6) is 11.5 Å². The van der Waals surface area contributed by atoms with Gasteiger partial charge in [0.05, 0.1) is 29.9 Å². The van der Waals surface area contributed by atoms with Crippen LogP contribution in [0.15, 0.2) is 59.5 Å². The highest BCUT2D eigenvalue weighted by molar-refractivity contribution is 7.21. The van der Waals surface area contributed by atoms with E-state index in [0.717, 1.165) is 29.7 Å². The molecule has 1 saturated carbocycles. The van der Waals surface area contributed by atoms with Crippen LogP contribution in [0.3, 0.4) is 0 Å². The lowest BCUT2D eigenvalue weighted by Crippen LogP contribution is -2.59. The summed E-state index contributed by atoms with van der Waals surface area (Å²) in [5.41, 5.74) is 2.70. The number of pyridine rings is 1. The Morgan fingerprint density at radius 3 is 2.57 bits per heavy atom. The average molecular weight is 485 g/mol. The number of aromatic nitrogens is 2. The molecule has 0 bridgehead atoms. The first kappa shape index (κ1) is 21.8. The van der Waals surface area contributed by atoms with Gasteiger partial charge in [-0.3, -0.25) is 14.3 Å². The lowest BCUT2D eigenvalue weighted by atomic mass is 9.89. The molecule has 176 valence electrons. The molecule has 0 spiro atoms. The quantitative estimate of drug-likeness (QED) is 0.398. The summed E-state index contributed by atoms with van der Waals surface area (Å²) in [6.07, 6.45) is 5.86. The summed E-state index contributed by atoms with van der Waals surface area (Å²) in [5, 5.41) is 9.76. The molecule has 0 radical (unpaired) electrons. The van der Waals surface area contributed by atoms with Crippen molar-refractivity contribution in [3.05, 3.63) is 70.6 Å². The number of fused-ring (bicyclic) bond motifs is 1. The molecule has 7 nitrogen and oxygen atoms in total. The fourth-order valence-corrected chi connectivity index (χ4v) is 5.61. The summed E-state index contributed by atoms with van der Waals surface area (Å²) in [5.74, 6) is 1.31. The number of rotatable bonds is 6. The van der Waals surface area contributed by atoms with Crippen molar-refractivity contribution >= 4 is 21.6 Å². The summed E-state index contributed by atoms with van der Waals surface area (Å²) in [7, 11) is 1.62. The average Bonchev–Trinajstić information content (AvgIpc) is 3.27. The Balaban J connectivity index is 1.26. The number of thiazole rings is 1. The van der Waals surface area contributed by atoms with Gasteiger partial charge in [0.1, 0.15) is 15.8 Å². The maximum absolute atomic E-state index is 13.3. The molecule has 0 unspecified atom stereocenters. The van der Waals surface area contributed by atoms with Crippen molar-refractivity contribution in [3.8, 4) is 33.8 Å². The highest BCUT2D eigenvalue weighted by atomic mass is 32.1. The van der Waals surface area contributed by atoms with Gasteiger partial charge in [-0.1, -0.05) is 18.6 Å². The molecule has 35 heavy (non-hydrogen) atoms. The second-order valence-electron chi connectivity index (χ2n) is 9.03. The Labute approximate surface area is 206 Å². The smallest absolute Gasteiger partial charge is 0.274 e. The summed E-state index contributed by atoms with van der Waals surface area (Å²) < 4.78 is 14.0. The predicted molar refractivity (Wildman–Crippen MR) is 136 cm³/mol. The van der Waals surface area contributed by atoms with Crippen molar-refractivity contribution in [2.24, 2.45) is 0 Å². The van der Waals surface area contributed by atoms with Gasteiger partial charge in [0.15, 0.2) is 11.5 Å². The predicted octanol–water partition coefficient (Wildman–Crippen LogP) is 4.61. The Hall–Kier alpha value is -3.67. The van der Waals surface area contributed by atoms with Crippen LogP contribution in [0.25, 0.3) is 26.5 Å². The van der Waals surface area contributed by atoms with Crippen LogP contribution in [0.2, 0.25) is 0 Å². The number of ether oxygens (including phenoxy) is 2. The molecule has 2 aliphatic rings. The largest absolute Gasteiger partial charge is 0.493 e. The minimum absolute atomic E-state index is 0.134. The SMILES string of the molecule is COc1cc(-n2ccc3nc(-c4ccc(C#N)cc4)sc3c2=O)ccc1OC1CN(C2CCC2)C1. The van der Waals surface area contributed by atoms with Gasteiger partial charge in [0.25, 0.3) is 5.56 Å². The van der Waals surface area contributed by atoms with Crippen LogP contribution < -0.4 is 15.0 Å². The molecule has 0 N–H and O–H groups in total. The van der Waals surface area contributed by atoms with Gasteiger partial charge in [-0.05, 0) is 43.2 Å². The number of methoxy groups -OCH3 is 1. The van der Waals surface area contributed by atoms with E-state index in [1.54, 1.807) is 30.0 Å². The Bertz CT molecular complexity index is 1490. The third kappa shape index (κ3) is 3.97. The van der Waals surface area contributed by atoms with E-state index >= 15 is 0 Å². The number of nitrogens with zero attached hydrogens (tertiary/aromatic N) is 4. The molecule has 1 saturated heterocycles. The van der Waals surface area contributed by atoms with Crippen LogP contribution in [0, 0.1) is 11.3 Å². The number of likely N-dealkylation sites (tertiary alicyclic amines) is 1. The van der Waals surface area contributed by atoms with E-state index in [4.69, 9.17) is 14.7 Å². The van der Waals surface area contributed by atoms with Crippen molar-refractivity contribution in [1.29, 1.82) is 5.26 Å². The Morgan fingerprint density at radius 2 is 1.89 bits per heavy atom. The second-order valence-corrected chi connectivity index (χ2v) is 10.0. The molecule has 2 aromatic carbocycles. The first-order chi connectivity index (χ1) is 17.1. The standard InChI is InChI=1S/C27H24N4O3S/c1-33-24-13-20(9-10-23(24)34-21-15-30(16-21)19-3-2-4-19)31-12-11-22-25(27(31)32)35-26(29-22)18-7-5-17(14-28)6-8-18/h5-13,19,21H,2-4,15-16H2,1H3. The van der Waals surface area contributed by atoms with E-state index in [0.29, 0.717) is 33.0 Å². The van der Waals surface area contributed by atoms with Crippen LogP contribution in [-0.4, -0.2) is 46.8 Å². The lowest BCUT2D eigenvalue weighted by molar-refractivity contribution is -0.0316. The fourth-order valence-electron chi connectivity index (χ4n) is 4.61. The molecule has 0 amide bonds. The number of nitriles is 1. The van der Waals surface area contributed by atoms with Crippen molar-refractivity contribution < 1.29 is 9.47 Å². The van der Waals surface area contributed by atoms with Crippen molar-refractivity contribution in [2.45, 2.75) is 31.4 Å². The highest BCUT2D eigenvalue weighted by Gasteiger charge is 2.36. The second kappa shape index (κ2) is 8.84. The van der Waals surface area contributed by atoms with Crippen LogP contribution in [0.1, 0.15) is 24.8 Å². The molecule has 4 aromatic rings. The first-order valence-corrected chi connectivity index (χ1v) is 12.6. The monoisotopic (exact) mass is 484 g/mol. The Morgan fingerprint density at radius 1 is 1.09 bits per heavy atom. The third-order valence-corrected chi connectivity index (χ3v) is 8.00. The van der Waals surface area contributed by atoms with Gasteiger partial charge >= 0.3 is 0 Å². The molecule has 1 aliphatic heterocycles. The van der Waals surface area contributed by atoms with E-state index in [1.165, 1.54) is 30.6 Å². The molecule has 3 heterocycles. The Kier molecular flexibility index (Phi) is 5.51. The zero-order valence-corrected chi connectivity index (χ0v) is 20.1. The van der Waals surface area contributed by atoms with Crippen molar-refractivity contribution in [2.75, 3.05) is 20.2 Å². The molecule has 0 atom stereocenters. The van der Waals surface area contributed by atoms with Gasteiger partial charge in [-0.2, -0.15) is 5.26 Å². The molecule has 8 heteroatoms. The molecule has 2 aromatic heterocycles. The maximum atomic E-state index is 13.3. The van der Waals surface area contributed by atoms with Crippen molar-refractivity contribution in [3.63, 3.8) is 0 Å². The summed E-state index contributed by atoms with van der Waals surface area (Å²) in [6, 6.07) is 17.5. The van der Waals surface area contributed by atoms with Crippen molar-refractivity contribution in [1.82, 2.24) is 14.5 Å². The van der Waals surface area contributed by atoms with E-state index < -0.39 is 0 Å². The van der Waals surface area contributed by atoms with Gasteiger partial charge in [0, 0.05) is 37.0 Å². The highest BCUT2D eigenvalue weighted by Crippen LogP contribution is 2.34. The lowest BCUT2D eigenvalue weighted by Gasteiger charge is -2.47. The molecular weight excluding hydrogens is 460 g/mol. The minimum atomic E-state index is -0.134. The number of hydrogen-bond acceptors (Lipinski definition) is 7. The molecule has 2 fully saturated rings. The summed E-state index contributed by atoms with van der Waals surface area (Å²) in [6.45, 7) is 1.91. The van der Waals surface area contributed by atoms with Gasteiger partial charge in [-0.15, -0.1) is 11.3 Å². The van der Waals surface area contributed by atoms with Crippen LogP contribution >= 0.6 is 11.3 Å². The number of benzene rings is 2. The van der Waals surface area contributed by atoms with Crippen LogP contribution in [0.4, 0.5) is 0 Å². The molecule has 1 aliphatic carbocycles. The zero-order valence-electron chi connectivity index (χ0n) is 19.3. The van der Waals surface area contributed by atoms with Gasteiger partial charge < -0.3 is 9.47 Å². The van der Waals surface area contributed by atoms with Gasteiger partial charge in [-0.25, -0.2) is 4.98 Å². The summed E-state index contributed by atoms with van der Waals surface area (Å²) >= 11 is 1.35. The zero-order chi connectivity index (χ0) is 23.9. The molecular formula is C27H24N4O3S. The third-order valence-electron chi connectivity index (χ3n) is 6.90. The maximum Gasteiger partial charge on any atom is 0.274 e. The van der Waals surface area contributed by atoms with E-state index in [9.17, 15) is 4.79 Å².